The van der Waals surface area contributed by atoms with E-state index in [1.807, 2.05) is 0 Å². The fourth-order valence-corrected chi connectivity index (χ4v) is 2.74. The van der Waals surface area contributed by atoms with Gasteiger partial charge in [0.2, 0.25) is 5.95 Å². The van der Waals surface area contributed by atoms with Crippen LogP contribution in [0.15, 0.2) is 6.20 Å². The number of imidazole rings is 1. The first kappa shape index (κ1) is 12.4. The van der Waals surface area contributed by atoms with E-state index in [1.54, 1.807) is 0 Å². The SMILES string of the molecule is CCN(CCN)c1nc(C)cn1C1CCCC1. The number of hydrogen-bond donors (Lipinski definition) is 1. The highest BCUT2D eigenvalue weighted by atomic mass is 15.3. The normalized spacial score (nSPS) is 16.6. The summed E-state index contributed by atoms with van der Waals surface area (Å²) < 4.78 is 2.38. The van der Waals surface area contributed by atoms with Crippen LogP contribution in [0.3, 0.4) is 0 Å². The van der Waals surface area contributed by atoms with Crippen molar-refractivity contribution in [3.8, 4) is 0 Å². The molecular weight excluding hydrogens is 212 g/mol. The number of nitrogens with zero attached hydrogens (tertiary/aromatic N) is 3. The topological polar surface area (TPSA) is 47.1 Å². The van der Waals surface area contributed by atoms with Crippen molar-refractivity contribution in [1.82, 2.24) is 9.55 Å². The average molecular weight is 236 g/mol. The van der Waals surface area contributed by atoms with E-state index >= 15 is 0 Å². The summed E-state index contributed by atoms with van der Waals surface area (Å²) in [5.74, 6) is 1.11. The summed E-state index contributed by atoms with van der Waals surface area (Å²) in [6.07, 6.45) is 7.49. The van der Waals surface area contributed by atoms with Crippen LogP contribution in [0.2, 0.25) is 0 Å². The zero-order valence-corrected chi connectivity index (χ0v) is 11.0. The lowest BCUT2D eigenvalue weighted by atomic mass is 10.2. The van der Waals surface area contributed by atoms with Gasteiger partial charge in [-0.3, -0.25) is 0 Å². The van der Waals surface area contributed by atoms with E-state index in [-0.39, 0.29) is 0 Å². The zero-order chi connectivity index (χ0) is 12.3. The molecule has 4 nitrogen and oxygen atoms in total. The van der Waals surface area contributed by atoms with Crippen LogP contribution in [-0.4, -0.2) is 29.2 Å². The predicted molar refractivity (Wildman–Crippen MR) is 71.4 cm³/mol. The maximum absolute atomic E-state index is 5.67. The quantitative estimate of drug-likeness (QED) is 0.851. The summed E-state index contributed by atoms with van der Waals surface area (Å²) in [7, 11) is 0. The van der Waals surface area contributed by atoms with Gasteiger partial charge in [-0.15, -0.1) is 0 Å². The molecule has 2 N–H and O–H groups in total. The van der Waals surface area contributed by atoms with E-state index in [1.165, 1.54) is 25.7 Å². The van der Waals surface area contributed by atoms with E-state index in [2.05, 4.69) is 34.5 Å². The number of aromatic nitrogens is 2. The summed E-state index contributed by atoms with van der Waals surface area (Å²) in [6, 6.07) is 0.651. The first-order valence-corrected chi connectivity index (χ1v) is 6.76. The van der Waals surface area contributed by atoms with Gasteiger partial charge in [0.1, 0.15) is 0 Å². The number of nitrogens with two attached hydrogens (primary N) is 1. The van der Waals surface area contributed by atoms with E-state index in [4.69, 9.17) is 5.73 Å². The van der Waals surface area contributed by atoms with Crippen molar-refractivity contribution in [2.45, 2.75) is 45.6 Å². The third-order valence-corrected chi connectivity index (χ3v) is 3.61. The Hall–Kier alpha value is -1.03. The van der Waals surface area contributed by atoms with Gasteiger partial charge < -0.3 is 15.2 Å². The summed E-state index contributed by atoms with van der Waals surface area (Å²) in [6.45, 7) is 6.79. The molecule has 0 amide bonds. The minimum absolute atomic E-state index is 0.651. The highest BCUT2D eigenvalue weighted by molar-refractivity contribution is 5.34. The molecule has 1 aliphatic carbocycles. The van der Waals surface area contributed by atoms with Gasteiger partial charge in [-0.05, 0) is 26.7 Å². The second-order valence-electron chi connectivity index (χ2n) is 4.90. The molecule has 1 fully saturated rings. The Labute approximate surface area is 104 Å². The number of likely N-dealkylation sites (N-methyl/N-ethyl adjacent to an activating group) is 1. The molecule has 4 heteroatoms. The Morgan fingerprint density at radius 3 is 2.76 bits per heavy atom. The molecule has 96 valence electrons. The second kappa shape index (κ2) is 5.54. The van der Waals surface area contributed by atoms with Crippen molar-refractivity contribution in [3.05, 3.63) is 11.9 Å². The third kappa shape index (κ3) is 2.63. The van der Waals surface area contributed by atoms with Crippen molar-refractivity contribution in [2.75, 3.05) is 24.5 Å². The minimum Gasteiger partial charge on any atom is -0.341 e. The molecule has 0 unspecified atom stereocenters. The maximum Gasteiger partial charge on any atom is 0.206 e. The Bertz CT molecular complexity index is 352. The molecule has 1 aliphatic rings. The summed E-state index contributed by atoms with van der Waals surface area (Å²) in [5.41, 5.74) is 6.79. The van der Waals surface area contributed by atoms with Gasteiger partial charge in [0, 0.05) is 31.9 Å². The van der Waals surface area contributed by atoms with Gasteiger partial charge >= 0.3 is 0 Å². The van der Waals surface area contributed by atoms with Crippen LogP contribution >= 0.6 is 0 Å². The van der Waals surface area contributed by atoms with Crippen molar-refractivity contribution in [1.29, 1.82) is 0 Å². The standard InChI is InChI=1S/C13H24N4/c1-3-16(9-8-14)13-15-11(2)10-17(13)12-6-4-5-7-12/h10,12H,3-9,14H2,1-2H3. The zero-order valence-electron chi connectivity index (χ0n) is 11.0. The molecule has 1 heterocycles. The molecule has 0 aromatic carbocycles. The van der Waals surface area contributed by atoms with Crippen LogP contribution in [-0.2, 0) is 0 Å². The monoisotopic (exact) mass is 236 g/mol. The van der Waals surface area contributed by atoms with Crippen molar-refractivity contribution < 1.29 is 0 Å². The van der Waals surface area contributed by atoms with Gasteiger partial charge in [0.15, 0.2) is 0 Å². The first-order chi connectivity index (χ1) is 8.26. The Morgan fingerprint density at radius 1 is 1.47 bits per heavy atom. The van der Waals surface area contributed by atoms with Gasteiger partial charge in [0.05, 0.1) is 5.69 Å². The molecule has 1 saturated carbocycles. The van der Waals surface area contributed by atoms with E-state index in [9.17, 15) is 0 Å². The molecule has 0 spiro atoms. The molecule has 2 rings (SSSR count). The van der Waals surface area contributed by atoms with Crippen LogP contribution < -0.4 is 10.6 Å². The largest absolute Gasteiger partial charge is 0.341 e. The van der Waals surface area contributed by atoms with Crippen LogP contribution in [0, 0.1) is 6.92 Å². The Morgan fingerprint density at radius 2 is 2.18 bits per heavy atom. The van der Waals surface area contributed by atoms with Gasteiger partial charge in [0.25, 0.3) is 0 Å². The number of aryl methyl sites for hydroxylation is 1. The fraction of sp³-hybridized carbons (Fsp3) is 0.769. The molecule has 0 saturated heterocycles. The lowest BCUT2D eigenvalue weighted by molar-refractivity contribution is 0.512. The number of rotatable bonds is 5. The highest BCUT2D eigenvalue weighted by Gasteiger charge is 2.22. The minimum atomic E-state index is 0.651. The van der Waals surface area contributed by atoms with Crippen molar-refractivity contribution >= 4 is 5.95 Å². The summed E-state index contributed by atoms with van der Waals surface area (Å²) in [4.78, 5) is 6.96. The van der Waals surface area contributed by atoms with Crippen LogP contribution in [0.4, 0.5) is 5.95 Å². The van der Waals surface area contributed by atoms with Crippen LogP contribution in [0.25, 0.3) is 0 Å². The number of anilines is 1. The van der Waals surface area contributed by atoms with E-state index in [0.717, 1.165) is 24.7 Å². The molecule has 1 aromatic rings. The summed E-state index contributed by atoms with van der Waals surface area (Å²) >= 11 is 0. The van der Waals surface area contributed by atoms with Gasteiger partial charge in [-0.1, -0.05) is 12.8 Å². The molecule has 0 atom stereocenters. The van der Waals surface area contributed by atoms with Gasteiger partial charge in [-0.25, -0.2) is 4.98 Å². The highest BCUT2D eigenvalue weighted by Crippen LogP contribution is 2.33. The van der Waals surface area contributed by atoms with E-state index < -0.39 is 0 Å². The molecule has 17 heavy (non-hydrogen) atoms. The molecule has 0 aliphatic heterocycles. The Balaban J connectivity index is 2.24. The average Bonchev–Trinajstić information content (AvgIpc) is 2.94. The first-order valence-electron chi connectivity index (χ1n) is 6.76. The molecular formula is C13H24N4. The summed E-state index contributed by atoms with van der Waals surface area (Å²) in [5, 5.41) is 0. The molecule has 0 radical (unpaired) electrons. The lowest BCUT2D eigenvalue weighted by Crippen LogP contribution is -2.32. The maximum atomic E-state index is 5.67. The van der Waals surface area contributed by atoms with Gasteiger partial charge in [-0.2, -0.15) is 0 Å². The second-order valence-corrected chi connectivity index (χ2v) is 4.90. The predicted octanol–water partition coefficient (Wildman–Crippen LogP) is 2.09. The van der Waals surface area contributed by atoms with Crippen molar-refractivity contribution in [2.24, 2.45) is 5.73 Å². The number of hydrogen-bond acceptors (Lipinski definition) is 3. The third-order valence-electron chi connectivity index (χ3n) is 3.61. The van der Waals surface area contributed by atoms with Crippen LogP contribution in [0.5, 0.6) is 0 Å². The molecule has 1 aromatic heterocycles. The smallest absolute Gasteiger partial charge is 0.206 e. The Kier molecular flexibility index (Phi) is 4.05. The van der Waals surface area contributed by atoms with Crippen molar-refractivity contribution in [3.63, 3.8) is 0 Å². The van der Waals surface area contributed by atoms with Crippen LogP contribution in [0.1, 0.15) is 44.3 Å². The lowest BCUT2D eigenvalue weighted by Gasteiger charge is -2.24. The fourth-order valence-electron chi connectivity index (χ4n) is 2.74. The molecule has 0 bridgehead atoms. The van der Waals surface area contributed by atoms with E-state index in [0.29, 0.717) is 12.6 Å².